The Labute approximate surface area is 172 Å². The van der Waals surface area contributed by atoms with Crippen LogP contribution in [0.5, 0.6) is 0 Å². The fourth-order valence-electron chi connectivity index (χ4n) is 3.37. The number of benzene rings is 2. The average Bonchev–Trinajstić information content (AvgIpc) is 2.78. The lowest BCUT2D eigenvalue weighted by Gasteiger charge is -2.28. The minimum atomic E-state index is -0.208. The van der Waals surface area contributed by atoms with E-state index >= 15 is 0 Å². The van der Waals surface area contributed by atoms with Crippen LogP contribution in [0.15, 0.2) is 47.6 Å². The van der Waals surface area contributed by atoms with Crippen molar-refractivity contribution in [1.82, 2.24) is 0 Å². The maximum Gasteiger partial charge on any atom is 0.265 e. The average molecular weight is 396 g/mol. The molecule has 2 aromatic carbocycles. The Hall–Kier alpha value is -2.86. The van der Waals surface area contributed by atoms with E-state index in [4.69, 9.17) is 9.57 Å². The minimum Gasteiger partial charge on any atom is -0.386 e. The van der Waals surface area contributed by atoms with E-state index in [2.05, 4.69) is 41.4 Å². The highest BCUT2D eigenvalue weighted by Crippen LogP contribution is 2.22. The van der Waals surface area contributed by atoms with Crippen LogP contribution >= 0.6 is 0 Å². The van der Waals surface area contributed by atoms with Crippen molar-refractivity contribution in [3.05, 3.63) is 59.2 Å². The number of anilines is 2. The molecule has 29 heavy (non-hydrogen) atoms. The van der Waals surface area contributed by atoms with Gasteiger partial charge in [-0.15, -0.1) is 0 Å². The molecule has 2 aromatic rings. The van der Waals surface area contributed by atoms with Gasteiger partial charge in [0.1, 0.15) is 0 Å². The maximum absolute atomic E-state index is 12.3. The van der Waals surface area contributed by atoms with Crippen LogP contribution in [0.1, 0.15) is 30.5 Å². The van der Waals surface area contributed by atoms with Crippen molar-refractivity contribution in [2.45, 2.75) is 26.7 Å². The van der Waals surface area contributed by atoms with Crippen molar-refractivity contribution >= 4 is 23.5 Å². The standard InChI is InChI=1S/C23H29N3O3/c1-3-19-6-5-7-20(4-2)23(19)25-22(27)17-29-24-16-18-8-10-21(11-9-18)26-12-14-28-15-13-26/h5-11,16H,3-4,12-15,17H2,1-2H3,(H,25,27). The van der Waals surface area contributed by atoms with Crippen molar-refractivity contribution in [2.24, 2.45) is 5.16 Å². The van der Waals surface area contributed by atoms with E-state index in [1.54, 1.807) is 6.21 Å². The van der Waals surface area contributed by atoms with Crippen LogP contribution in [0, 0.1) is 0 Å². The molecule has 1 heterocycles. The Morgan fingerprint density at radius 2 is 1.76 bits per heavy atom. The Bertz CT molecular complexity index is 806. The Morgan fingerprint density at radius 1 is 1.10 bits per heavy atom. The van der Waals surface area contributed by atoms with Crippen molar-refractivity contribution in [3.8, 4) is 0 Å². The number of morpholine rings is 1. The molecule has 0 aromatic heterocycles. The molecule has 1 N–H and O–H groups in total. The van der Waals surface area contributed by atoms with Crippen LogP contribution in [0.2, 0.25) is 0 Å². The molecule has 0 spiro atoms. The van der Waals surface area contributed by atoms with Crippen molar-refractivity contribution in [2.75, 3.05) is 43.1 Å². The Kier molecular flexibility index (Phi) is 7.64. The molecular formula is C23H29N3O3. The van der Waals surface area contributed by atoms with E-state index in [1.165, 1.54) is 5.69 Å². The first kappa shape index (κ1) is 20.9. The smallest absolute Gasteiger partial charge is 0.265 e. The van der Waals surface area contributed by atoms with Gasteiger partial charge in [0, 0.05) is 24.5 Å². The summed E-state index contributed by atoms with van der Waals surface area (Å²) in [5.74, 6) is -0.208. The zero-order valence-electron chi connectivity index (χ0n) is 17.2. The molecule has 3 rings (SSSR count). The number of aryl methyl sites for hydroxylation is 2. The van der Waals surface area contributed by atoms with Crippen molar-refractivity contribution in [1.29, 1.82) is 0 Å². The lowest BCUT2D eigenvalue weighted by atomic mass is 10.0. The lowest BCUT2D eigenvalue weighted by Crippen LogP contribution is -2.36. The third-order valence-electron chi connectivity index (χ3n) is 5.00. The molecule has 0 radical (unpaired) electrons. The topological polar surface area (TPSA) is 63.2 Å². The molecule has 1 saturated heterocycles. The van der Waals surface area contributed by atoms with Crippen LogP contribution < -0.4 is 10.2 Å². The molecule has 1 amide bonds. The van der Waals surface area contributed by atoms with Crippen LogP contribution in [-0.2, 0) is 27.2 Å². The highest BCUT2D eigenvalue weighted by atomic mass is 16.6. The van der Waals surface area contributed by atoms with Gasteiger partial charge >= 0.3 is 0 Å². The van der Waals surface area contributed by atoms with Crippen molar-refractivity contribution in [3.63, 3.8) is 0 Å². The Morgan fingerprint density at radius 3 is 2.38 bits per heavy atom. The largest absolute Gasteiger partial charge is 0.386 e. The molecule has 1 aliphatic rings. The quantitative estimate of drug-likeness (QED) is 0.548. The fraction of sp³-hybridized carbons (Fsp3) is 0.391. The number of hydrogen-bond donors (Lipinski definition) is 1. The first-order valence-electron chi connectivity index (χ1n) is 10.2. The molecule has 1 aliphatic heterocycles. The van der Waals surface area contributed by atoms with E-state index in [1.807, 2.05) is 30.3 Å². The van der Waals surface area contributed by atoms with Crippen LogP contribution in [-0.4, -0.2) is 45.0 Å². The van der Waals surface area contributed by atoms with E-state index < -0.39 is 0 Å². The molecule has 6 heteroatoms. The summed E-state index contributed by atoms with van der Waals surface area (Å²) in [5.41, 5.74) is 5.25. The summed E-state index contributed by atoms with van der Waals surface area (Å²) in [6, 6.07) is 14.2. The lowest BCUT2D eigenvalue weighted by molar-refractivity contribution is -0.120. The normalized spacial score (nSPS) is 14.2. The van der Waals surface area contributed by atoms with E-state index in [9.17, 15) is 4.79 Å². The van der Waals surface area contributed by atoms with E-state index in [-0.39, 0.29) is 12.5 Å². The molecule has 1 fully saturated rings. The number of rotatable bonds is 8. The third-order valence-corrected chi connectivity index (χ3v) is 5.00. The molecule has 154 valence electrons. The predicted octanol–water partition coefficient (Wildman–Crippen LogP) is 3.64. The summed E-state index contributed by atoms with van der Waals surface area (Å²) >= 11 is 0. The first-order chi connectivity index (χ1) is 14.2. The number of nitrogens with zero attached hydrogens (tertiary/aromatic N) is 2. The van der Waals surface area contributed by atoms with Crippen molar-refractivity contribution < 1.29 is 14.4 Å². The number of ether oxygens (including phenoxy) is 1. The van der Waals surface area contributed by atoms with Gasteiger partial charge in [0.05, 0.1) is 19.4 Å². The summed E-state index contributed by atoms with van der Waals surface area (Å²) in [5, 5.41) is 6.90. The van der Waals surface area contributed by atoms with Crippen LogP contribution in [0.4, 0.5) is 11.4 Å². The van der Waals surface area contributed by atoms with Gasteiger partial charge in [0.15, 0.2) is 6.61 Å². The summed E-state index contributed by atoms with van der Waals surface area (Å²) in [6.07, 6.45) is 3.35. The van der Waals surface area contributed by atoms with Gasteiger partial charge in [-0.2, -0.15) is 0 Å². The monoisotopic (exact) mass is 395 g/mol. The van der Waals surface area contributed by atoms with Gasteiger partial charge < -0.3 is 19.8 Å². The first-order valence-corrected chi connectivity index (χ1v) is 10.2. The molecule has 6 nitrogen and oxygen atoms in total. The maximum atomic E-state index is 12.3. The number of oxime groups is 1. The Balaban J connectivity index is 1.49. The second-order valence-corrected chi connectivity index (χ2v) is 6.91. The zero-order chi connectivity index (χ0) is 20.5. The number of amides is 1. The highest BCUT2D eigenvalue weighted by Gasteiger charge is 2.11. The molecular weight excluding hydrogens is 366 g/mol. The number of hydrogen-bond acceptors (Lipinski definition) is 5. The second kappa shape index (κ2) is 10.6. The van der Waals surface area contributed by atoms with Gasteiger partial charge in [-0.3, -0.25) is 4.79 Å². The van der Waals surface area contributed by atoms with Gasteiger partial charge in [0.2, 0.25) is 0 Å². The van der Waals surface area contributed by atoms with E-state index in [0.29, 0.717) is 0 Å². The summed E-state index contributed by atoms with van der Waals surface area (Å²) in [4.78, 5) is 19.7. The number of para-hydroxylation sites is 1. The SMILES string of the molecule is CCc1cccc(CC)c1NC(=O)CON=Cc1ccc(N2CCOCC2)cc1. The number of carbonyl (C=O) groups is 1. The minimum absolute atomic E-state index is 0.121. The zero-order valence-corrected chi connectivity index (χ0v) is 17.2. The molecule has 0 saturated carbocycles. The molecule has 0 aliphatic carbocycles. The highest BCUT2D eigenvalue weighted by molar-refractivity contribution is 5.93. The summed E-state index contributed by atoms with van der Waals surface area (Å²) in [6.45, 7) is 7.39. The third kappa shape index (κ3) is 5.81. The second-order valence-electron chi connectivity index (χ2n) is 6.91. The van der Waals surface area contributed by atoms with Crippen LogP contribution in [0.3, 0.4) is 0 Å². The molecule has 0 unspecified atom stereocenters. The van der Waals surface area contributed by atoms with Gasteiger partial charge in [-0.05, 0) is 41.7 Å². The van der Waals surface area contributed by atoms with Gasteiger partial charge in [-0.1, -0.05) is 49.3 Å². The van der Waals surface area contributed by atoms with Gasteiger partial charge in [0.25, 0.3) is 5.91 Å². The number of nitrogens with one attached hydrogen (secondary N) is 1. The van der Waals surface area contributed by atoms with Gasteiger partial charge in [-0.25, -0.2) is 0 Å². The van der Waals surface area contributed by atoms with Crippen LogP contribution in [0.25, 0.3) is 0 Å². The molecule has 0 bridgehead atoms. The molecule has 0 atom stereocenters. The van der Waals surface area contributed by atoms with E-state index in [0.717, 1.165) is 61.5 Å². The predicted molar refractivity (Wildman–Crippen MR) is 117 cm³/mol. The summed E-state index contributed by atoms with van der Waals surface area (Å²) in [7, 11) is 0. The summed E-state index contributed by atoms with van der Waals surface area (Å²) < 4.78 is 5.38. The fourth-order valence-corrected chi connectivity index (χ4v) is 3.37. The number of carbonyl (C=O) groups excluding carboxylic acids is 1.